The third-order valence-corrected chi connectivity index (χ3v) is 7.29. The third-order valence-electron chi connectivity index (χ3n) is 5.00. The molecule has 1 aliphatic rings. The third kappa shape index (κ3) is 2.86. The molecule has 2 aromatic carbocycles. The molecular formula is C20H21NO3S. The van der Waals surface area contributed by atoms with Gasteiger partial charge in [-0.1, -0.05) is 49.4 Å². The zero-order valence-corrected chi connectivity index (χ0v) is 15.2. The van der Waals surface area contributed by atoms with Crippen LogP contribution in [-0.2, 0) is 21.0 Å². The standard InChI is InChI=1S/C20H21NO3S/c1-3-15-9-11-16(12-10-15)18-19(20(18,13-21)14-24-2)25(22,23)17-7-5-4-6-8-17/h4-12,18-19H,3,14H2,1-2H3/t18-,19-,20-/m1/s1. The van der Waals surface area contributed by atoms with Crippen molar-refractivity contribution < 1.29 is 13.2 Å². The summed E-state index contributed by atoms with van der Waals surface area (Å²) >= 11 is 0. The van der Waals surface area contributed by atoms with Crippen molar-refractivity contribution in [3.63, 3.8) is 0 Å². The lowest BCUT2D eigenvalue weighted by Crippen LogP contribution is -2.19. The maximum Gasteiger partial charge on any atom is 0.183 e. The predicted molar refractivity (Wildman–Crippen MR) is 95.9 cm³/mol. The molecule has 0 N–H and O–H groups in total. The lowest BCUT2D eigenvalue weighted by Gasteiger charge is -2.08. The maximum atomic E-state index is 13.1. The number of nitrogens with zero attached hydrogens (tertiary/aromatic N) is 1. The topological polar surface area (TPSA) is 67.2 Å². The molecule has 5 heteroatoms. The van der Waals surface area contributed by atoms with Crippen LogP contribution in [0.4, 0.5) is 0 Å². The minimum atomic E-state index is -3.62. The molecule has 0 saturated heterocycles. The Balaban J connectivity index is 2.05. The molecule has 0 amide bonds. The first-order valence-electron chi connectivity index (χ1n) is 8.29. The van der Waals surface area contributed by atoms with Crippen molar-refractivity contribution in [2.45, 2.75) is 29.4 Å². The Morgan fingerprint density at radius 3 is 2.28 bits per heavy atom. The van der Waals surface area contributed by atoms with Gasteiger partial charge in [0.15, 0.2) is 9.84 Å². The average Bonchev–Trinajstić information content (AvgIpc) is 3.32. The first-order valence-corrected chi connectivity index (χ1v) is 9.84. The number of nitriles is 1. The molecule has 2 aromatic rings. The lowest BCUT2D eigenvalue weighted by molar-refractivity contribution is 0.162. The fourth-order valence-corrected chi connectivity index (χ4v) is 5.96. The summed E-state index contributed by atoms with van der Waals surface area (Å²) in [6.45, 7) is 2.17. The van der Waals surface area contributed by atoms with Crippen molar-refractivity contribution in [3.05, 3.63) is 65.7 Å². The van der Waals surface area contributed by atoms with Crippen molar-refractivity contribution in [1.29, 1.82) is 5.26 Å². The summed E-state index contributed by atoms with van der Waals surface area (Å²) in [6, 6.07) is 18.5. The van der Waals surface area contributed by atoms with Gasteiger partial charge in [0.1, 0.15) is 5.41 Å². The van der Waals surface area contributed by atoms with Gasteiger partial charge in [0.2, 0.25) is 0 Å². The highest BCUT2D eigenvalue weighted by Crippen LogP contribution is 2.63. The molecular weight excluding hydrogens is 334 g/mol. The van der Waals surface area contributed by atoms with Crippen LogP contribution < -0.4 is 0 Å². The fraction of sp³-hybridized carbons (Fsp3) is 0.350. The zero-order chi connectivity index (χ0) is 18.1. The average molecular weight is 355 g/mol. The van der Waals surface area contributed by atoms with Crippen LogP contribution in [0.15, 0.2) is 59.5 Å². The Labute approximate surface area is 149 Å². The molecule has 0 radical (unpaired) electrons. The number of sulfone groups is 1. The van der Waals surface area contributed by atoms with Gasteiger partial charge in [-0.15, -0.1) is 0 Å². The zero-order valence-electron chi connectivity index (χ0n) is 14.3. The Kier molecular flexibility index (Phi) is 4.68. The van der Waals surface area contributed by atoms with Gasteiger partial charge in [0.25, 0.3) is 0 Å². The highest BCUT2D eigenvalue weighted by atomic mass is 32.2. The molecule has 0 heterocycles. The second-order valence-electron chi connectivity index (χ2n) is 6.44. The Morgan fingerprint density at radius 2 is 1.76 bits per heavy atom. The SMILES string of the molecule is CCc1ccc([C@@H]2[C@@H](S(=O)(=O)c3ccccc3)[C@]2(C#N)COC)cc1. The molecule has 4 nitrogen and oxygen atoms in total. The van der Waals surface area contributed by atoms with Crippen molar-refractivity contribution in [1.82, 2.24) is 0 Å². The molecule has 0 aliphatic heterocycles. The van der Waals surface area contributed by atoms with E-state index in [4.69, 9.17) is 4.74 Å². The molecule has 1 aliphatic carbocycles. The van der Waals surface area contributed by atoms with Gasteiger partial charge >= 0.3 is 0 Å². The number of hydrogen-bond acceptors (Lipinski definition) is 4. The second-order valence-corrected chi connectivity index (χ2v) is 8.51. The van der Waals surface area contributed by atoms with Crippen molar-refractivity contribution in [2.24, 2.45) is 5.41 Å². The summed E-state index contributed by atoms with van der Waals surface area (Å²) in [5.74, 6) is -0.381. The van der Waals surface area contributed by atoms with E-state index in [1.54, 1.807) is 30.3 Å². The number of methoxy groups -OCH3 is 1. The van der Waals surface area contributed by atoms with E-state index in [9.17, 15) is 13.7 Å². The van der Waals surface area contributed by atoms with Crippen molar-refractivity contribution in [3.8, 4) is 6.07 Å². The van der Waals surface area contributed by atoms with E-state index < -0.39 is 20.5 Å². The maximum absolute atomic E-state index is 13.1. The Morgan fingerprint density at radius 1 is 1.12 bits per heavy atom. The van der Waals surface area contributed by atoms with Gasteiger partial charge in [-0.05, 0) is 29.7 Å². The van der Waals surface area contributed by atoms with E-state index in [0.29, 0.717) is 0 Å². The molecule has 25 heavy (non-hydrogen) atoms. The molecule has 3 atom stereocenters. The Hall–Kier alpha value is -2.16. The number of aryl methyl sites for hydroxylation is 1. The second kappa shape index (κ2) is 6.62. The first kappa shape index (κ1) is 17.7. The van der Waals surface area contributed by atoms with Gasteiger partial charge in [-0.2, -0.15) is 5.26 Å². The summed E-state index contributed by atoms with van der Waals surface area (Å²) < 4.78 is 31.5. The fourth-order valence-electron chi connectivity index (χ4n) is 3.63. The molecule has 0 unspecified atom stereocenters. The summed E-state index contributed by atoms with van der Waals surface area (Å²) in [6.07, 6.45) is 0.915. The quantitative estimate of drug-likeness (QED) is 0.797. The molecule has 130 valence electrons. The predicted octanol–water partition coefficient (Wildman–Crippen LogP) is 3.35. The van der Waals surface area contributed by atoms with E-state index in [1.807, 2.05) is 24.3 Å². The largest absolute Gasteiger partial charge is 0.383 e. The van der Waals surface area contributed by atoms with Crippen molar-refractivity contribution in [2.75, 3.05) is 13.7 Å². The first-order chi connectivity index (χ1) is 12.0. The minimum Gasteiger partial charge on any atom is -0.383 e. The van der Waals surface area contributed by atoms with Crippen LogP contribution in [0.1, 0.15) is 24.0 Å². The Bertz CT molecular complexity index is 885. The van der Waals surface area contributed by atoms with Crippen LogP contribution in [0.2, 0.25) is 0 Å². The number of ether oxygens (including phenoxy) is 1. The summed E-state index contributed by atoms with van der Waals surface area (Å²) in [4.78, 5) is 0.253. The number of benzene rings is 2. The smallest absolute Gasteiger partial charge is 0.183 e. The van der Waals surface area contributed by atoms with E-state index in [1.165, 1.54) is 12.7 Å². The minimum absolute atomic E-state index is 0.0976. The summed E-state index contributed by atoms with van der Waals surface area (Å²) in [7, 11) is -2.12. The van der Waals surface area contributed by atoms with Crippen LogP contribution in [0.25, 0.3) is 0 Å². The highest BCUT2D eigenvalue weighted by Gasteiger charge is 2.72. The van der Waals surface area contributed by atoms with Gasteiger partial charge < -0.3 is 4.74 Å². The van der Waals surface area contributed by atoms with E-state index in [2.05, 4.69) is 13.0 Å². The number of hydrogen-bond donors (Lipinski definition) is 0. The van der Waals surface area contributed by atoms with Gasteiger partial charge in [-0.25, -0.2) is 8.42 Å². The summed E-state index contributed by atoms with van der Waals surface area (Å²) in [5, 5.41) is 9.01. The van der Waals surface area contributed by atoms with E-state index >= 15 is 0 Å². The molecule has 3 rings (SSSR count). The van der Waals surface area contributed by atoms with E-state index in [0.717, 1.165) is 12.0 Å². The van der Waals surface area contributed by atoms with Crippen LogP contribution in [0.3, 0.4) is 0 Å². The number of rotatable bonds is 6. The molecule has 0 spiro atoms. The summed E-state index contributed by atoms with van der Waals surface area (Å²) in [5.41, 5.74) is 1.01. The van der Waals surface area contributed by atoms with Crippen molar-refractivity contribution >= 4 is 9.84 Å². The van der Waals surface area contributed by atoms with Crippen LogP contribution in [0.5, 0.6) is 0 Å². The highest BCUT2D eigenvalue weighted by molar-refractivity contribution is 7.92. The lowest BCUT2D eigenvalue weighted by atomic mass is 10.00. The molecule has 0 bridgehead atoms. The van der Waals surface area contributed by atoms with E-state index in [-0.39, 0.29) is 17.4 Å². The van der Waals surface area contributed by atoms with Crippen LogP contribution in [-0.4, -0.2) is 27.4 Å². The van der Waals surface area contributed by atoms with Crippen LogP contribution in [0, 0.1) is 16.7 Å². The van der Waals surface area contributed by atoms with Gasteiger partial charge in [0, 0.05) is 13.0 Å². The van der Waals surface area contributed by atoms with Crippen LogP contribution >= 0.6 is 0 Å². The molecule has 1 saturated carbocycles. The molecule has 1 fully saturated rings. The monoisotopic (exact) mass is 355 g/mol. The normalized spacial score (nSPS) is 25.3. The molecule has 0 aromatic heterocycles. The van der Waals surface area contributed by atoms with Gasteiger partial charge in [0.05, 0.1) is 22.8 Å². The van der Waals surface area contributed by atoms with Gasteiger partial charge in [-0.3, -0.25) is 0 Å².